The summed E-state index contributed by atoms with van der Waals surface area (Å²) in [7, 11) is 3.88. The van der Waals surface area contributed by atoms with Gasteiger partial charge in [-0.3, -0.25) is 0 Å². The summed E-state index contributed by atoms with van der Waals surface area (Å²) in [6.07, 6.45) is 1.02. The fourth-order valence-corrected chi connectivity index (χ4v) is 5.22. The first-order valence-electron chi connectivity index (χ1n) is 8.82. The Hall–Kier alpha value is -2.29. The second kappa shape index (κ2) is 6.70. The molecule has 0 radical (unpaired) electrons. The number of nitrogens with one attached hydrogen (secondary N) is 2. The first-order chi connectivity index (χ1) is 13.2. The largest absolute Gasteiger partial charge is 0.492 e. The number of rotatable bonds is 4. The number of ether oxygens (including phenoxy) is 3. The van der Waals surface area contributed by atoms with Crippen molar-refractivity contribution in [1.82, 2.24) is 4.98 Å². The lowest BCUT2D eigenvalue weighted by Crippen LogP contribution is -3.11. The third-order valence-corrected chi connectivity index (χ3v) is 6.73. The lowest BCUT2D eigenvalue weighted by atomic mass is 9.95. The van der Waals surface area contributed by atoms with Crippen molar-refractivity contribution in [1.29, 1.82) is 0 Å². The summed E-state index contributed by atoms with van der Waals surface area (Å²) < 4.78 is 17.0. The quantitative estimate of drug-likeness (QED) is 0.703. The normalized spacial score (nSPS) is 20.4. The van der Waals surface area contributed by atoms with Gasteiger partial charge in [0, 0.05) is 11.8 Å². The van der Waals surface area contributed by atoms with Crippen LogP contribution in [-0.2, 0) is 6.42 Å². The standard InChI is InChI=1S/C19H19N3O3S2/c1-22-6-5-11-8-13-16(25-10-24-13)17(23-2)15(11)18(22)21-19-20-12(9-27-19)14-4-3-7-26-14/h3-4,7-9,18H,5-6,10H2,1-2H3,(H,20,21)/p+1/t18-/m1/s1. The Kier molecular flexibility index (Phi) is 4.18. The van der Waals surface area contributed by atoms with Crippen LogP contribution in [-0.4, -0.2) is 32.5 Å². The van der Waals surface area contributed by atoms with Crippen LogP contribution in [0.1, 0.15) is 17.3 Å². The second-order valence-corrected chi connectivity index (χ2v) is 8.46. The number of fused-ring (bicyclic) bond motifs is 2. The third kappa shape index (κ3) is 2.84. The molecule has 1 unspecified atom stereocenters. The molecule has 0 bridgehead atoms. The average Bonchev–Trinajstić information content (AvgIpc) is 3.43. The molecule has 0 fully saturated rings. The Morgan fingerprint density at radius 3 is 3.07 bits per heavy atom. The summed E-state index contributed by atoms with van der Waals surface area (Å²) in [5, 5.41) is 8.72. The fraction of sp³-hybridized carbons (Fsp3) is 0.316. The monoisotopic (exact) mass is 402 g/mol. The van der Waals surface area contributed by atoms with Crippen molar-refractivity contribution in [2.45, 2.75) is 12.6 Å². The number of benzene rings is 1. The third-order valence-electron chi connectivity index (χ3n) is 5.06. The molecular formula is C19H20N3O3S2+. The molecule has 0 amide bonds. The number of thiophene rings is 1. The molecule has 6 nitrogen and oxygen atoms in total. The minimum Gasteiger partial charge on any atom is -0.492 e. The average molecular weight is 403 g/mol. The molecule has 0 saturated heterocycles. The van der Waals surface area contributed by atoms with Crippen LogP contribution in [0.15, 0.2) is 29.0 Å². The number of methoxy groups -OCH3 is 1. The van der Waals surface area contributed by atoms with Gasteiger partial charge in [-0.15, -0.1) is 22.7 Å². The molecule has 0 saturated carbocycles. The number of thiazole rings is 1. The van der Waals surface area contributed by atoms with Gasteiger partial charge < -0.3 is 24.4 Å². The summed E-state index contributed by atoms with van der Waals surface area (Å²) in [4.78, 5) is 7.34. The van der Waals surface area contributed by atoms with E-state index in [2.05, 4.69) is 41.3 Å². The molecule has 2 aliphatic rings. The molecule has 8 heteroatoms. The minimum atomic E-state index is 0.0422. The van der Waals surface area contributed by atoms with Crippen LogP contribution in [0.5, 0.6) is 17.2 Å². The van der Waals surface area contributed by atoms with E-state index in [-0.39, 0.29) is 13.0 Å². The smallest absolute Gasteiger partial charge is 0.231 e. The summed E-state index contributed by atoms with van der Waals surface area (Å²) >= 11 is 3.34. The van der Waals surface area contributed by atoms with Crippen molar-refractivity contribution < 1.29 is 19.1 Å². The van der Waals surface area contributed by atoms with Crippen LogP contribution in [0.2, 0.25) is 0 Å². The molecule has 0 spiro atoms. The van der Waals surface area contributed by atoms with Gasteiger partial charge in [0.25, 0.3) is 0 Å². The van der Waals surface area contributed by atoms with Gasteiger partial charge in [-0.2, -0.15) is 0 Å². The number of nitrogens with zero attached hydrogens (tertiary/aromatic N) is 1. The maximum Gasteiger partial charge on any atom is 0.231 e. The number of hydrogen-bond donors (Lipinski definition) is 2. The van der Waals surface area contributed by atoms with Gasteiger partial charge in [0.1, 0.15) is 0 Å². The molecule has 0 aliphatic carbocycles. The van der Waals surface area contributed by atoms with Crippen molar-refractivity contribution in [2.75, 3.05) is 32.8 Å². The van der Waals surface area contributed by atoms with E-state index < -0.39 is 0 Å². The first kappa shape index (κ1) is 16.9. The maximum absolute atomic E-state index is 5.76. The number of quaternary nitrogens is 1. The topological polar surface area (TPSA) is 57.0 Å². The Morgan fingerprint density at radius 1 is 1.33 bits per heavy atom. The zero-order valence-corrected chi connectivity index (χ0v) is 16.7. The number of hydrogen-bond acceptors (Lipinski definition) is 7. The van der Waals surface area contributed by atoms with E-state index in [1.807, 2.05) is 0 Å². The lowest BCUT2D eigenvalue weighted by Gasteiger charge is -2.33. The van der Waals surface area contributed by atoms with E-state index in [0.29, 0.717) is 5.75 Å². The predicted molar refractivity (Wildman–Crippen MR) is 106 cm³/mol. The van der Waals surface area contributed by atoms with Crippen molar-refractivity contribution in [3.63, 3.8) is 0 Å². The summed E-state index contributed by atoms with van der Waals surface area (Å²) in [6, 6.07) is 6.25. The van der Waals surface area contributed by atoms with Crippen molar-refractivity contribution >= 4 is 27.8 Å². The number of aromatic nitrogens is 1. The fourth-order valence-electron chi connectivity index (χ4n) is 3.72. The van der Waals surface area contributed by atoms with Gasteiger partial charge in [0.2, 0.25) is 12.5 Å². The van der Waals surface area contributed by atoms with Crippen LogP contribution in [0.25, 0.3) is 10.6 Å². The highest BCUT2D eigenvalue weighted by Crippen LogP contribution is 2.47. The SMILES string of the molecule is COc1c2c(cc3c1[C@H](Nc1nc(-c4cccs4)cs1)[NH+](C)CC3)OCO2. The van der Waals surface area contributed by atoms with Gasteiger partial charge in [0.05, 0.1) is 36.8 Å². The van der Waals surface area contributed by atoms with Gasteiger partial charge in [-0.05, 0) is 23.1 Å². The molecule has 5 rings (SSSR count). The first-order valence-corrected chi connectivity index (χ1v) is 10.6. The van der Waals surface area contributed by atoms with Crippen LogP contribution in [0.3, 0.4) is 0 Å². The highest BCUT2D eigenvalue weighted by atomic mass is 32.1. The van der Waals surface area contributed by atoms with Crippen LogP contribution < -0.4 is 24.4 Å². The van der Waals surface area contributed by atoms with Crippen LogP contribution in [0, 0.1) is 0 Å². The Morgan fingerprint density at radius 2 is 2.26 bits per heavy atom. The highest BCUT2D eigenvalue weighted by molar-refractivity contribution is 7.15. The molecule has 4 heterocycles. The Balaban J connectivity index is 1.52. The number of anilines is 1. The molecule has 2 aromatic heterocycles. The summed E-state index contributed by atoms with van der Waals surface area (Å²) in [5.74, 6) is 2.25. The minimum absolute atomic E-state index is 0.0422. The Labute approximate surface area is 165 Å². The molecule has 2 N–H and O–H groups in total. The predicted octanol–water partition coefficient (Wildman–Crippen LogP) is 2.79. The zero-order valence-electron chi connectivity index (χ0n) is 15.1. The molecular weight excluding hydrogens is 382 g/mol. The lowest BCUT2D eigenvalue weighted by molar-refractivity contribution is -0.910. The molecule has 2 atom stereocenters. The molecule has 2 aliphatic heterocycles. The van der Waals surface area contributed by atoms with Crippen molar-refractivity contribution in [2.24, 2.45) is 0 Å². The summed E-state index contributed by atoms with van der Waals surface area (Å²) in [6.45, 7) is 1.27. The van der Waals surface area contributed by atoms with Gasteiger partial charge >= 0.3 is 0 Å². The maximum atomic E-state index is 5.76. The Bertz CT molecular complexity index is 971. The number of likely N-dealkylation sites (N-methyl/N-ethyl adjacent to an activating group) is 1. The highest BCUT2D eigenvalue weighted by Gasteiger charge is 2.37. The van der Waals surface area contributed by atoms with Crippen molar-refractivity contribution in [3.8, 4) is 27.8 Å². The van der Waals surface area contributed by atoms with E-state index in [0.717, 1.165) is 40.9 Å². The zero-order chi connectivity index (χ0) is 18.4. The van der Waals surface area contributed by atoms with E-state index in [1.165, 1.54) is 15.3 Å². The molecule has 3 aromatic rings. The van der Waals surface area contributed by atoms with E-state index in [9.17, 15) is 0 Å². The molecule has 140 valence electrons. The van der Waals surface area contributed by atoms with Crippen molar-refractivity contribution in [3.05, 3.63) is 40.1 Å². The summed E-state index contributed by atoms with van der Waals surface area (Å²) in [5.41, 5.74) is 3.40. The molecule has 27 heavy (non-hydrogen) atoms. The second-order valence-electron chi connectivity index (χ2n) is 6.66. The van der Waals surface area contributed by atoms with Crippen LogP contribution in [0.4, 0.5) is 5.13 Å². The molecule has 1 aromatic carbocycles. The van der Waals surface area contributed by atoms with E-state index >= 15 is 0 Å². The van der Waals surface area contributed by atoms with E-state index in [4.69, 9.17) is 19.2 Å². The van der Waals surface area contributed by atoms with Gasteiger partial charge in [-0.25, -0.2) is 4.98 Å². The van der Waals surface area contributed by atoms with E-state index in [1.54, 1.807) is 29.8 Å². The van der Waals surface area contributed by atoms with Gasteiger partial charge in [-0.1, -0.05) is 6.07 Å². The van der Waals surface area contributed by atoms with Crippen LogP contribution >= 0.6 is 22.7 Å². The van der Waals surface area contributed by atoms with Gasteiger partial charge in [0.15, 0.2) is 22.8 Å².